The van der Waals surface area contributed by atoms with E-state index in [1.807, 2.05) is 61.5 Å². The zero-order valence-corrected chi connectivity index (χ0v) is 31.1. The van der Waals surface area contributed by atoms with Gasteiger partial charge in [-0.1, -0.05) is 60.7 Å². The number of rotatable bonds is 10. The number of alkyl halides is 3. The molecule has 1 atom stereocenters. The first-order chi connectivity index (χ1) is 26.5. The van der Waals surface area contributed by atoms with Gasteiger partial charge in [-0.25, -0.2) is 4.99 Å². The van der Waals surface area contributed by atoms with E-state index in [-0.39, 0.29) is 24.4 Å². The Bertz CT molecular complexity index is 1860. The molecule has 3 heterocycles. The molecule has 0 bridgehead atoms. The third kappa shape index (κ3) is 11.1. The van der Waals surface area contributed by atoms with Gasteiger partial charge in [-0.2, -0.15) is 13.2 Å². The first kappa shape index (κ1) is 40.9. The highest BCUT2D eigenvalue weighted by Crippen LogP contribution is 2.30. The summed E-state index contributed by atoms with van der Waals surface area (Å²) < 4.78 is 44.1. The van der Waals surface area contributed by atoms with Crippen LogP contribution < -0.4 is 16.4 Å². The van der Waals surface area contributed by atoms with Gasteiger partial charge in [-0.15, -0.1) is 0 Å². The fourth-order valence-corrected chi connectivity index (χ4v) is 6.41. The summed E-state index contributed by atoms with van der Waals surface area (Å²) in [7, 11) is 0. The molecule has 0 radical (unpaired) electrons. The van der Waals surface area contributed by atoms with Crippen LogP contribution in [0.15, 0.2) is 113 Å². The summed E-state index contributed by atoms with van der Waals surface area (Å²) in [6.07, 6.45) is -1.25. The average Bonchev–Trinajstić information content (AvgIpc) is 3.18. The van der Waals surface area contributed by atoms with Crippen LogP contribution >= 0.6 is 0 Å². The van der Waals surface area contributed by atoms with Gasteiger partial charge in [0, 0.05) is 75.1 Å². The van der Waals surface area contributed by atoms with Crippen LogP contribution in [0.2, 0.25) is 0 Å². The van der Waals surface area contributed by atoms with Crippen LogP contribution in [0.1, 0.15) is 41.8 Å². The molecule has 292 valence electrons. The lowest BCUT2D eigenvalue weighted by Gasteiger charge is -2.42. The number of halogens is 3. The lowest BCUT2D eigenvalue weighted by atomic mass is 9.97. The van der Waals surface area contributed by atoms with Crippen molar-refractivity contribution in [1.82, 2.24) is 25.3 Å². The maximum Gasteiger partial charge on any atom is 0.416 e. The summed E-state index contributed by atoms with van der Waals surface area (Å²) in [5, 5.41) is 5.55. The van der Waals surface area contributed by atoms with Crippen LogP contribution in [0.25, 0.3) is 0 Å². The van der Waals surface area contributed by atoms with Gasteiger partial charge in [0.15, 0.2) is 0 Å². The Morgan fingerprint density at radius 3 is 2.22 bits per heavy atom. The highest BCUT2D eigenvalue weighted by atomic mass is 19.4. The molecule has 3 saturated heterocycles. The van der Waals surface area contributed by atoms with Crippen LogP contribution in [-0.4, -0.2) is 103 Å². The molecule has 6 rings (SSSR count). The van der Waals surface area contributed by atoms with Crippen LogP contribution in [0.3, 0.4) is 0 Å². The van der Waals surface area contributed by atoms with Crippen LogP contribution in [0.4, 0.5) is 18.9 Å². The van der Waals surface area contributed by atoms with E-state index in [0.717, 1.165) is 75.3 Å². The number of nitrogens with two attached hydrogens (primary N) is 1. The number of likely N-dealkylation sites (tertiary alicyclic amines) is 1. The van der Waals surface area contributed by atoms with Crippen LogP contribution in [0, 0.1) is 0 Å². The third-order valence-electron chi connectivity index (χ3n) is 9.67. The van der Waals surface area contributed by atoms with Gasteiger partial charge in [0.05, 0.1) is 30.5 Å². The minimum atomic E-state index is -4.58. The zero-order valence-electron chi connectivity index (χ0n) is 31.1. The monoisotopic (exact) mass is 759 g/mol. The second-order valence-corrected chi connectivity index (χ2v) is 13.3. The van der Waals surface area contributed by atoms with Gasteiger partial charge in [0.2, 0.25) is 5.91 Å². The van der Waals surface area contributed by atoms with Crippen molar-refractivity contribution in [2.24, 2.45) is 10.7 Å². The number of likely N-dealkylation sites (N-methyl/N-ethyl adjacent to an activating group) is 1. The average molecular weight is 760 g/mol. The first-order valence-electron chi connectivity index (χ1n) is 18.4. The van der Waals surface area contributed by atoms with E-state index in [0.29, 0.717) is 29.7 Å². The third-order valence-corrected chi connectivity index (χ3v) is 9.67. The number of ether oxygens (including phenoxy) is 1. The predicted octanol–water partition coefficient (Wildman–Crippen LogP) is 4.89. The number of hydrogen-bond donors (Lipinski definition) is 3. The van der Waals surface area contributed by atoms with Crippen molar-refractivity contribution in [3.8, 4) is 0 Å². The van der Waals surface area contributed by atoms with Gasteiger partial charge in [0.1, 0.15) is 11.9 Å². The summed E-state index contributed by atoms with van der Waals surface area (Å²) >= 11 is 0. The number of aliphatic imine (C=N–C) groups is 1. The normalized spacial score (nSPS) is 20.1. The van der Waals surface area contributed by atoms with E-state index in [1.54, 1.807) is 19.1 Å². The number of piperazine rings is 1. The first-order valence-corrected chi connectivity index (χ1v) is 18.4. The molecule has 0 aromatic heterocycles. The summed E-state index contributed by atoms with van der Waals surface area (Å²) in [6.45, 7) is 11.2. The Morgan fingerprint density at radius 1 is 0.964 bits per heavy atom. The molecule has 1 unspecified atom stereocenters. The number of piperidine rings is 1. The molecule has 11 nitrogen and oxygen atoms in total. The predicted molar refractivity (Wildman–Crippen MR) is 205 cm³/mol. The van der Waals surface area contributed by atoms with E-state index >= 15 is 0 Å². The molecular weight excluding hydrogens is 711 g/mol. The van der Waals surface area contributed by atoms with Crippen molar-refractivity contribution in [2.75, 3.05) is 52.5 Å². The zero-order chi connectivity index (χ0) is 39.4. The van der Waals surface area contributed by atoms with E-state index in [1.165, 1.54) is 17.2 Å². The maximum absolute atomic E-state index is 13.0. The molecule has 14 heteroatoms. The molecule has 3 aliphatic heterocycles. The smallest absolute Gasteiger partial charge is 0.404 e. The van der Waals surface area contributed by atoms with Crippen molar-refractivity contribution < 1.29 is 32.3 Å². The highest BCUT2D eigenvalue weighted by molar-refractivity contribution is 6.13. The SMILES string of the molecule is C/C=C(\CN1CCN(C2COC2)CC1)C(=O)NCc1ccccc1.CCN1C(=O)C(NC(=O)c2cccc(C(F)(F)F)c2)C/C(=C/N)C1=Nc1ccccc1. The highest BCUT2D eigenvalue weighted by Gasteiger charge is 2.37. The molecule has 0 aliphatic carbocycles. The van der Waals surface area contributed by atoms with E-state index in [4.69, 9.17) is 10.5 Å². The lowest BCUT2D eigenvalue weighted by molar-refractivity contribution is -0.137. The number of carbonyl (C=O) groups excluding carboxylic acids is 3. The van der Waals surface area contributed by atoms with E-state index < -0.39 is 29.6 Å². The van der Waals surface area contributed by atoms with Crippen LogP contribution in [0.5, 0.6) is 0 Å². The molecule has 0 spiro atoms. The van der Waals surface area contributed by atoms with Crippen molar-refractivity contribution in [1.29, 1.82) is 0 Å². The van der Waals surface area contributed by atoms with Gasteiger partial charge < -0.3 is 21.1 Å². The van der Waals surface area contributed by atoms with Crippen molar-refractivity contribution >= 4 is 29.2 Å². The minimum Gasteiger partial charge on any atom is -0.404 e. The number of amides is 3. The van der Waals surface area contributed by atoms with E-state index in [9.17, 15) is 27.6 Å². The molecule has 3 fully saturated rings. The maximum atomic E-state index is 13.0. The number of para-hydroxylation sites is 1. The molecular formula is C41H48F3N7O4. The van der Waals surface area contributed by atoms with Gasteiger partial charge >= 0.3 is 6.18 Å². The molecule has 4 N–H and O–H groups in total. The minimum absolute atomic E-state index is 0.0381. The standard InChI is InChI=1S/C22H21F3N4O2.C19H27N3O2/c1-2-29-19(27-17-9-4-3-5-10-17)15(13-26)12-18(21(29)31)28-20(30)14-7-6-8-16(11-14)22(23,24)25;1-2-17(19(23)20-12-16-6-4-3-5-7-16)13-21-8-10-22(11-9-21)18-14-24-15-18/h3-11,13,18H,2,12,26H2,1H3,(H,28,30);2-7,18H,8-15H2,1H3,(H,20,23)/b15-13-,27-19?;17-2+. The largest absolute Gasteiger partial charge is 0.416 e. The Morgan fingerprint density at radius 2 is 1.64 bits per heavy atom. The molecule has 3 aromatic carbocycles. The Balaban J connectivity index is 0.000000218. The number of benzene rings is 3. The molecule has 3 aromatic rings. The van der Waals surface area contributed by atoms with Gasteiger partial charge in [-0.05, 0) is 49.7 Å². The Kier molecular flexibility index (Phi) is 14.4. The second-order valence-electron chi connectivity index (χ2n) is 13.3. The molecule has 55 heavy (non-hydrogen) atoms. The topological polar surface area (TPSA) is 133 Å². The van der Waals surface area contributed by atoms with Gasteiger partial charge in [-0.3, -0.25) is 29.1 Å². The number of amidine groups is 1. The fraction of sp³-hybridized carbons (Fsp3) is 0.366. The number of hydrogen-bond acceptors (Lipinski definition) is 8. The second kappa shape index (κ2) is 19.3. The number of nitrogens with one attached hydrogen (secondary N) is 2. The molecule has 3 aliphatic rings. The Hall–Kier alpha value is -5.31. The Labute approximate surface area is 319 Å². The van der Waals surface area contributed by atoms with Crippen molar-refractivity contribution in [3.05, 3.63) is 125 Å². The quantitative estimate of drug-likeness (QED) is 0.251. The number of nitrogens with zero attached hydrogens (tertiary/aromatic N) is 4. The summed E-state index contributed by atoms with van der Waals surface area (Å²) in [5.41, 5.74) is 7.79. The molecule has 0 saturated carbocycles. The lowest BCUT2D eigenvalue weighted by Crippen LogP contribution is -2.56. The van der Waals surface area contributed by atoms with Crippen LogP contribution in [-0.2, 0) is 27.0 Å². The van der Waals surface area contributed by atoms with Gasteiger partial charge in [0.25, 0.3) is 11.8 Å². The van der Waals surface area contributed by atoms with Crippen molar-refractivity contribution in [2.45, 2.75) is 45.1 Å². The summed E-state index contributed by atoms with van der Waals surface area (Å²) in [5.74, 6) is -0.773. The van der Waals surface area contributed by atoms with Crippen molar-refractivity contribution in [3.63, 3.8) is 0 Å². The number of carbonyl (C=O) groups is 3. The summed E-state index contributed by atoms with van der Waals surface area (Å²) in [4.78, 5) is 48.8. The number of allylic oxidation sites excluding steroid dienone is 1. The summed E-state index contributed by atoms with van der Waals surface area (Å²) in [6, 6.07) is 22.7. The molecule has 3 amide bonds. The fourth-order valence-electron chi connectivity index (χ4n) is 6.41. The van der Waals surface area contributed by atoms with E-state index in [2.05, 4.69) is 25.4 Å².